The van der Waals surface area contributed by atoms with Crippen molar-refractivity contribution < 1.29 is 15.0 Å². The van der Waals surface area contributed by atoms with Crippen LogP contribution in [0.5, 0.6) is 0 Å². The number of imidazole rings is 1. The number of fused-ring (bicyclic) bond motifs is 3. The number of benzene rings is 4. The molecule has 58 heavy (non-hydrogen) atoms. The third-order valence-corrected chi connectivity index (χ3v) is 13.7. The number of nitrogens with two attached hydrogens (primary N) is 1. The number of hydrogen-bond acceptors (Lipinski definition) is 6. The predicted molar refractivity (Wildman–Crippen MR) is 238 cm³/mol. The van der Waals surface area contributed by atoms with Crippen molar-refractivity contribution >= 4 is 69.0 Å². The van der Waals surface area contributed by atoms with Crippen molar-refractivity contribution in [1.29, 1.82) is 0 Å². The monoisotopic (exact) mass is 863 g/mol. The molecular formula is C46H53Cl4N5O3. The number of aliphatic hydroxyl groups is 2. The first-order chi connectivity index (χ1) is 27.8. The maximum atomic E-state index is 12.9. The zero-order chi connectivity index (χ0) is 41.1. The molecule has 308 valence electrons. The standard InChI is InChI=1S/C46H53Cl4N5O3/c1-29-17-33-18-30(2)24-46(23-29,25-33)28-55-42-12-7-35(21-41(42)52-45(55)34-5-8-36(9-6-34)53(13-15-56)14-16-57)43(22-44(51)58)54(26-31-3-10-37(47)39(49)19-31)27-32-4-11-38(48)40(50)20-32/h3-12,19-21,29-30,33,43,56-57H,13-18,22-28H2,1-2H3,(H2,51,58). The minimum Gasteiger partial charge on any atom is -0.395 e. The summed E-state index contributed by atoms with van der Waals surface area (Å²) < 4.78 is 2.44. The van der Waals surface area contributed by atoms with Crippen LogP contribution < -0.4 is 10.6 Å². The molecular weight excluding hydrogens is 812 g/mol. The van der Waals surface area contributed by atoms with Crippen LogP contribution in [0.1, 0.15) is 75.1 Å². The number of anilines is 1. The molecule has 4 N–H and O–H groups in total. The Morgan fingerprint density at radius 1 is 0.810 bits per heavy atom. The van der Waals surface area contributed by atoms with E-state index in [1.807, 2.05) is 41.3 Å². The molecule has 1 heterocycles. The Balaban J connectivity index is 1.33. The van der Waals surface area contributed by atoms with E-state index in [0.29, 0.717) is 58.1 Å². The minimum absolute atomic E-state index is 0.00509. The van der Waals surface area contributed by atoms with Crippen molar-refractivity contribution in [2.75, 3.05) is 31.2 Å². The number of rotatable bonds is 16. The summed E-state index contributed by atoms with van der Waals surface area (Å²) >= 11 is 25.6. The van der Waals surface area contributed by atoms with Crippen LogP contribution in [-0.4, -0.2) is 56.9 Å². The van der Waals surface area contributed by atoms with E-state index in [-0.39, 0.29) is 25.0 Å². The highest BCUT2D eigenvalue weighted by Crippen LogP contribution is 2.54. The zero-order valence-electron chi connectivity index (χ0n) is 33.2. The number of primary amides is 1. The molecule has 7 rings (SSSR count). The Labute approximate surface area is 361 Å². The summed E-state index contributed by atoms with van der Waals surface area (Å²) in [6.45, 7) is 7.45. The highest BCUT2D eigenvalue weighted by Gasteiger charge is 2.45. The van der Waals surface area contributed by atoms with Crippen LogP contribution in [0.3, 0.4) is 0 Å². The highest BCUT2D eigenvalue weighted by molar-refractivity contribution is 6.42. The number of nitrogens with zero attached hydrogens (tertiary/aromatic N) is 4. The highest BCUT2D eigenvalue weighted by atomic mass is 35.5. The van der Waals surface area contributed by atoms with E-state index in [1.165, 1.54) is 32.1 Å². The van der Waals surface area contributed by atoms with E-state index in [9.17, 15) is 15.0 Å². The first kappa shape index (κ1) is 42.8. The van der Waals surface area contributed by atoms with E-state index in [2.05, 4.69) is 53.6 Å². The van der Waals surface area contributed by atoms with E-state index >= 15 is 0 Å². The summed E-state index contributed by atoms with van der Waals surface area (Å²) in [4.78, 5) is 22.5. The minimum atomic E-state index is -0.424. The molecule has 0 spiro atoms. The molecule has 1 amide bonds. The summed E-state index contributed by atoms with van der Waals surface area (Å²) in [5, 5.41) is 21.2. The topological polar surface area (TPSA) is 108 Å². The van der Waals surface area contributed by atoms with Crippen LogP contribution >= 0.6 is 46.4 Å². The maximum absolute atomic E-state index is 12.9. The second-order valence-electron chi connectivity index (χ2n) is 17.0. The van der Waals surface area contributed by atoms with Crippen LogP contribution in [0.15, 0.2) is 78.9 Å². The summed E-state index contributed by atoms with van der Waals surface area (Å²) in [7, 11) is 0. The quantitative estimate of drug-likeness (QED) is 0.0912. The number of aromatic nitrogens is 2. The maximum Gasteiger partial charge on any atom is 0.219 e. The summed E-state index contributed by atoms with van der Waals surface area (Å²) in [5.41, 5.74) is 12.8. The Morgan fingerprint density at radius 2 is 1.40 bits per heavy atom. The SMILES string of the molecule is CC1CC2CC(C)CC(Cn3c(-c4ccc(N(CCO)CCO)cc4)nc4cc(C(CC(N)=O)N(Cc5ccc(Cl)c(Cl)c5)Cc5ccc(Cl)c(Cl)c5)ccc43)(C1)C2. The van der Waals surface area contributed by atoms with Gasteiger partial charge < -0.3 is 25.4 Å². The first-order valence-electron chi connectivity index (χ1n) is 20.3. The lowest BCUT2D eigenvalue weighted by molar-refractivity contribution is -0.119. The van der Waals surface area contributed by atoms with E-state index in [0.717, 1.165) is 57.3 Å². The first-order valence-corrected chi connectivity index (χ1v) is 21.8. The van der Waals surface area contributed by atoms with Crippen LogP contribution in [0.4, 0.5) is 5.69 Å². The molecule has 2 fully saturated rings. The summed E-state index contributed by atoms with van der Waals surface area (Å²) in [5.74, 6) is 2.56. The zero-order valence-corrected chi connectivity index (χ0v) is 36.2. The second-order valence-corrected chi connectivity index (χ2v) is 18.6. The number of carbonyl (C=O) groups excluding carboxylic acids is 1. The van der Waals surface area contributed by atoms with Gasteiger partial charge in [-0.25, -0.2) is 4.98 Å². The van der Waals surface area contributed by atoms with Crippen LogP contribution in [0, 0.1) is 23.2 Å². The molecule has 4 aromatic carbocycles. The largest absolute Gasteiger partial charge is 0.395 e. The molecule has 0 aliphatic heterocycles. The molecule has 2 bridgehead atoms. The molecule has 2 aliphatic carbocycles. The Hall–Kier alpha value is -3.34. The number of hydrogen-bond donors (Lipinski definition) is 3. The third-order valence-electron chi connectivity index (χ3n) is 12.2. The van der Waals surface area contributed by atoms with Gasteiger partial charge in [-0.1, -0.05) is 78.5 Å². The van der Waals surface area contributed by atoms with Gasteiger partial charge in [0.2, 0.25) is 5.91 Å². The van der Waals surface area contributed by atoms with Gasteiger partial charge in [0.1, 0.15) is 5.82 Å². The smallest absolute Gasteiger partial charge is 0.219 e. The van der Waals surface area contributed by atoms with Crippen molar-refractivity contribution in [2.45, 2.75) is 78.0 Å². The van der Waals surface area contributed by atoms with Crippen molar-refractivity contribution in [2.24, 2.45) is 28.9 Å². The van der Waals surface area contributed by atoms with Gasteiger partial charge in [-0.05, 0) is 133 Å². The molecule has 8 nitrogen and oxygen atoms in total. The van der Waals surface area contributed by atoms with E-state index in [1.54, 1.807) is 12.1 Å². The Morgan fingerprint density at radius 3 is 1.93 bits per heavy atom. The molecule has 2 saturated carbocycles. The lowest BCUT2D eigenvalue weighted by atomic mass is 9.57. The van der Waals surface area contributed by atoms with Crippen molar-refractivity contribution in [1.82, 2.24) is 14.5 Å². The molecule has 1 aromatic heterocycles. The van der Waals surface area contributed by atoms with Crippen molar-refractivity contribution in [3.8, 4) is 11.4 Å². The average Bonchev–Trinajstić information content (AvgIpc) is 3.52. The van der Waals surface area contributed by atoms with Crippen LogP contribution in [-0.2, 0) is 24.4 Å². The number of aliphatic hydroxyl groups excluding tert-OH is 2. The van der Waals surface area contributed by atoms with Crippen LogP contribution in [0.25, 0.3) is 22.4 Å². The van der Waals surface area contributed by atoms with Gasteiger partial charge in [0.25, 0.3) is 0 Å². The predicted octanol–water partition coefficient (Wildman–Crippen LogP) is 10.6. The van der Waals surface area contributed by atoms with Gasteiger partial charge in [0.05, 0.1) is 44.3 Å². The molecule has 5 aromatic rings. The fourth-order valence-electron chi connectivity index (χ4n) is 10.3. The van der Waals surface area contributed by atoms with Gasteiger partial charge in [-0.3, -0.25) is 9.69 Å². The summed E-state index contributed by atoms with van der Waals surface area (Å²) in [6.07, 6.45) is 6.29. The Bertz CT molecular complexity index is 2150. The molecule has 2 aliphatic rings. The molecule has 3 atom stereocenters. The fourth-order valence-corrected chi connectivity index (χ4v) is 10.9. The third kappa shape index (κ3) is 9.82. The Kier molecular flexibility index (Phi) is 13.7. The lowest BCUT2D eigenvalue weighted by Gasteiger charge is -2.50. The fraction of sp³-hybridized carbons (Fsp3) is 0.435. The van der Waals surface area contributed by atoms with E-state index < -0.39 is 11.9 Å². The van der Waals surface area contributed by atoms with E-state index in [4.69, 9.17) is 57.1 Å². The van der Waals surface area contributed by atoms with Gasteiger partial charge >= 0.3 is 0 Å². The van der Waals surface area contributed by atoms with Gasteiger partial charge in [0, 0.05) is 56.4 Å². The average molecular weight is 866 g/mol. The van der Waals surface area contributed by atoms with Crippen LogP contribution in [0.2, 0.25) is 20.1 Å². The second kappa shape index (κ2) is 18.5. The van der Waals surface area contributed by atoms with Crippen molar-refractivity contribution in [3.05, 3.63) is 116 Å². The molecule has 12 heteroatoms. The lowest BCUT2D eigenvalue weighted by Crippen LogP contribution is -2.42. The summed E-state index contributed by atoms with van der Waals surface area (Å²) in [6, 6.07) is 25.4. The number of carbonyl (C=O) groups is 1. The van der Waals surface area contributed by atoms with Gasteiger partial charge in [-0.15, -0.1) is 0 Å². The van der Waals surface area contributed by atoms with Crippen molar-refractivity contribution in [3.63, 3.8) is 0 Å². The van der Waals surface area contributed by atoms with Gasteiger partial charge in [-0.2, -0.15) is 0 Å². The molecule has 3 unspecified atom stereocenters. The number of halogens is 4. The normalized spacial score (nSPS) is 21.1. The molecule has 0 radical (unpaired) electrons. The van der Waals surface area contributed by atoms with Gasteiger partial charge in [0.15, 0.2) is 0 Å². The number of amides is 1. The molecule has 0 saturated heterocycles.